The van der Waals surface area contributed by atoms with E-state index in [1.165, 1.54) is 5.56 Å². The third kappa shape index (κ3) is 3.99. The topological polar surface area (TPSA) is 30.5 Å². The zero-order chi connectivity index (χ0) is 13.5. The first-order valence-corrected chi connectivity index (χ1v) is 6.86. The van der Waals surface area contributed by atoms with E-state index in [1.54, 1.807) is 0 Å². The fraction of sp³-hybridized carbons (Fsp3) is 0.500. The third-order valence-corrected chi connectivity index (χ3v) is 3.28. The van der Waals surface area contributed by atoms with Crippen molar-refractivity contribution in [2.45, 2.75) is 38.5 Å². The number of hydrogen-bond acceptors (Lipinski definition) is 3. The van der Waals surface area contributed by atoms with Crippen molar-refractivity contribution in [3.63, 3.8) is 0 Å². The van der Waals surface area contributed by atoms with Crippen LogP contribution in [0.15, 0.2) is 24.3 Å². The lowest BCUT2D eigenvalue weighted by Crippen LogP contribution is -2.37. The van der Waals surface area contributed by atoms with Gasteiger partial charge in [-0.2, -0.15) is 0 Å². The predicted octanol–water partition coefficient (Wildman–Crippen LogP) is 2.36. The van der Waals surface area contributed by atoms with Crippen LogP contribution in [-0.4, -0.2) is 25.4 Å². The molecular formula is C16H21NO2. The standard InChI is InChI=1S/C16H21NO2/c1-3-15(16-6-5-11-19-16)17-12-13-7-9-14(10-8-13)18-4-2/h1,7-10,15-17H,4-6,11-12H2,2H3/t15-,16+/m1/s1. The summed E-state index contributed by atoms with van der Waals surface area (Å²) in [5, 5.41) is 3.38. The Morgan fingerprint density at radius 2 is 2.26 bits per heavy atom. The molecule has 1 aliphatic rings. The van der Waals surface area contributed by atoms with Crippen molar-refractivity contribution < 1.29 is 9.47 Å². The summed E-state index contributed by atoms with van der Waals surface area (Å²) >= 11 is 0. The van der Waals surface area contributed by atoms with Gasteiger partial charge in [0.15, 0.2) is 0 Å². The van der Waals surface area contributed by atoms with E-state index in [9.17, 15) is 0 Å². The summed E-state index contributed by atoms with van der Waals surface area (Å²) in [6.07, 6.45) is 7.88. The fourth-order valence-corrected chi connectivity index (χ4v) is 2.26. The zero-order valence-electron chi connectivity index (χ0n) is 11.4. The van der Waals surface area contributed by atoms with Gasteiger partial charge in [0.1, 0.15) is 5.75 Å². The van der Waals surface area contributed by atoms with Gasteiger partial charge in [0.25, 0.3) is 0 Å². The number of hydrogen-bond donors (Lipinski definition) is 1. The quantitative estimate of drug-likeness (QED) is 0.796. The Morgan fingerprint density at radius 1 is 1.47 bits per heavy atom. The van der Waals surface area contributed by atoms with E-state index in [4.69, 9.17) is 15.9 Å². The van der Waals surface area contributed by atoms with Crippen LogP contribution in [-0.2, 0) is 11.3 Å². The van der Waals surface area contributed by atoms with Crippen LogP contribution in [0.25, 0.3) is 0 Å². The van der Waals surface area contributed by atoms with Gasteiger partial charge < -0.3 is 9.47 Å². The maximum Gasteiger partial charge on any atom is 0.119 e. The summed E-state index contributed by atoms with van der Waals surface area (Å²) in [6, 6.07) is 8.07. The van der Waals surface area contributed by atoms with Crippen LogP contribution in [0.2, 0.25) is 0 Å². The molecule has 0 unspecified atom stereocenters. The monoisotopic (exact) mass is 259 g/mol. The summed E-state index contributed by atoms with van der Waals surface area (Å²) in [5.74, 6) is 3.69. The molecule has 1 aliphatic heterocycles. The molecule has 1 saturated heterocycles. The Morgan fingerprint density at radius 3 is 2.84 bits per heavy atom. The van der Waals surface area contributed by atoms with Gasteiger partial charge in [0, 0.05) is 13.2 Å². The van der Waals surface area contributed by atoms with Crippen LogP contribution < -0.4 is 10.1 Å². The highest BCUT2D eigenvalue weighted by Gasteiger charge is 2.23. The Labute approximate surface area is 115 Å². The van der Waals surface area contributed by atoms with Crippen LogP contribution in [0, 0.1) is 12.3 Å². The maximum atomic E-state index is 5.62. The first kappa shape index (κ1) is 13.9. The molecule has 1 heterocycles. The van der Waals surface area contributed by atoms with E-state index in [0.717, 1.165) is 31.7 Å². The molecule has 1 N–H and O–H groups in total. The molecule has 0 amide bonds. The van der Waals surface area contributed by atoms with Crippen molar-refractivity contribution in [2.75, 3.05) is 13.2 Å². The molecule has 1 aromatic carbocycles. The molecule has 2 atom stereocenters. The van der Waals surface area contributed by atoms with E-state index >= 15 is 0 Å². The average molecular weight is 259 g/mol. The van der Waals surface area contributed by atoms with Crippen molar-refractivity contribution in [3.05, 3.63) is 29.8 Å². The first-order chi connectivity index (χ1) is 9.33. The Kier molecular flexibility index (Phi) is 5.26. The maximum absolute atomic E-state index is 5.62. The molecule has 0 radical (unpaired) electrons. The molecule has 0 aliphatic carbocycles. The van der Waals surface area contributed by atoms with Gasteiger partial charge in [-0.1, -0.05) is 18.1 Å². The van der Waals surface area contributed by atoms with Gasteiger partial charge in [-0.05, 0) is 37.5 Å². The number of terminal acetylenes is 1. The molecule has 19 heavy (non-hydrogen) atoms. The highest BCUT2D eigenvalue weighted by molar-refractivity contribution is 5.27. The van der Waals surface area contributed by atoms with Gasteiger partial charge in [-0.15, -0.1) is 6.42 Å². The van der Waals surface area contributed by atoms with E-state index in [-0.39, 0.29) is 12.1 Å². The molecule has 0 spiro atoms. The molecule has 2 rings (SSSR count). The SMILES string of the molecule is C#C[C@@H](NCc1ccc(OCC)cc1)[C@@H]1CCCO1. The third-order valence-electron chi connectivity index (χ3n) is 3.28. The molecule has 102 valence electrons. The summed E-state index contributed by atoms with van der Waals surface area (Å²) in [5.41, 5.74) is 1.20. The van der Waals surface area contributed by atoms with Gasteiger partial charge >= 0.3 is 0 Å². The fourth-order valence-electron chi connectivity index (χ4n) is 2.26. The van der Waals surface area contributed by atoms with E-state index < -0.39 is 0 Å². The minimum atomic E-state index is -0.00549. The minimum absolute atomic E-state index is 0.00549. The van der Waals surface area contributed by atoms with Crippen molar-refractivity contribution >= 4 is 0 Å². The van der Waals surface area contributed by atoms with Gasteiger partial charge in [0.2, 0.25) is 0 Å². The van der Waals surface area contributed by atoms with Gasteiger partial charge in [-0.25, -0.2) is 0 Å². The summed E-state index contributed by atoms with van der Waals surface area (Å²) in [7, 11) is 0. The van der Waals surface area contributed by atoms with Crippen molar-refractivity contribution in [2.24, 2.45) is 0 Å². The smallest absolute Gasteiger partial charge is 0.119 e. The molecular weight excluding hydrogens is 238 g/mol. The van der Waals surface area contributed by atoms with Crippen molar-refractivity contribution in [1.29, 1.82) is 0 Å². The summed E-state index contributed by atoms with van der Waals surface area (Å²) in [6.45, 7) is 4.25. The Hall–Kier alpha value is -1.50. The largest absolute Gasteiger partial charge is 0.494 e. The van der Waals surface area contributed by atoms with Crippen LogP contribution >= 0.6 is 0 Å². The number of nitrogens with one attached hydrogen (secondary N) is 1. The normalized spacial score (nSPS) is 19.9. The lowest BCUT2D eigenvalue weighted by molar-refractivity contribution is 0.0934. The van der Waals surface area contributed by atoms with Gasteiger partial charge in [-0.3, -0.25) is 5.32 Å². The average Bonchev–Trinajstić information content (AvgIpc) is 2.96. The number of rotatable bonds is 6. The second-order valence-corrected chi connectivity index (χ2v) is 4.65. The van der Waals surface area contributed by atoms with Gasteiger partial charge in [0.05, 0.1) is 18.8 Å². The van der Waals surface area contributed by atoms with Crippen LogP contribution in [0.1, 0.15) is 25.3 Å². The first-order valence-electron chi connectivity index (χ1n) is 6.86. The van der Waals surface area contributed by atoms with E-state index in [1.807, 2.05) is 19.1 Å². The zero-order valence-corrected chi connectivity index (χ0v) is 11.4. The van der Waals surface area contributed by atoms with Crippen molar-refractivity contribution in [3.8, 4) is 18.1 Å². The predicted molar refractivity (Wildman–Crippen MR) is 76.0 cm³/mol. The molecule has 0 bridgehead atoms. The molecule has 0 aromatic heterocycles. The molecule has 3 nitrogen and oxygen atoms in total. The highest BCUT2D eigenvalue weighted by Crippen LogP contribution is 2.16. The molecule has 1 fully saturated rings. The minimum Gasteiger partial charge on any atom is -0.494 e. The van der Waals surface area contributed by atoms with E-state index in [2.05, 4.69) is 23.4 Å². The second kappa shape index (κ2) is 7.18. The molecule has 3 heteroatoms. The van der Waals surface area contributed by atoms with Crippen LogP contribution in [0.5, 0.6) is 5.75 Å². The van der Waals surface area contributed by atoms with Crippen LogP contribution in [0.4, 0.5) is 0 Å². The Balaban J connectivity index is 1.85. The van der Waals surface area contributed by atoms with E-state index in [0.29, 0.717) is 6.61 Å². The second-order valence-electron chi connectivity index (χ2n) is 4.65. The lowest BCUT2D eigenvalue weighted by atomic mass is 10.1. The Bertz CT molecular complexity index is 415. The number of benzene rings is 1. The van der Waals surface area contributed by atoms with Crippen LogP contribution in [0.3, 0.4) is 0 Å². The van der Waals surface area contributed by atoms with Crippen molar-refractivity contribution in [1.82, 2.24) is 5.32 Å². The summed E-state index contributed by atoms with van der Waals surface area (Å²) < 4.78 is 11.0. The molecule has 0 saturated carbocycles. The lowest BCUT2D eigenvalue weighted by Gasteiger charge is -2.19. The molecule has 1 aromatic rings. The number of ether oxygens (including phenoxy) is 2. The highest BCUT2D eigenvalue weighted by atomic mass is 16.5. The summed E-state index contributed by atoms with van der Waals surface area (Å²) in [4.78, 5) is 0.